The molecule has 2 heterocycles. The quantitative estimate of drug-likeness (QED) is 0.798. The molecule has 90 valence electrons. The SMILES string of the molecule is OCCCc1cn(CC2CCOCC2)nn1. The van der Waals surface area contributed by atoms with Gasteiger partial charge < -0.3 is 9.84 Å². The molecule has 1 aliphatic rings. The summed E-state index contributed by atoms with van der Waals surface area (Å²) in [5.41, 5.74) is 0.973. The van der Waals surface area contributed by atoms with E-state index in [1.807, 2.05) is 10.9 Å². The van der Waals surface area contributed by atoms with E-state index in [4.69, 9.17) is 9.84 Å². The molecule has 1 aromatic rings. The third-order valence-corrected chi connectivity index (χ3v) is 2.96. The monoisotopic (exact) mass is 225 g/mol. The van der Waals surface area contributed by atoms with Crippen molar-refractivity contribution in [3.63, 3.8) is 0 Å². The van der Waals surface area contributed by atoms with Gasteiger partial charge >= 0.3 is 0 Å². The Morgan fingerprint density at radius 1 is 1.44 bits per heavy atom. The Bertz CT molecular complexity index is 308. The Hall–Kier alpha value is -0.940. The topological polar surface area (TPSA) is 60.2 Å². The maximum absolute atomic E-state index is 8.73. The highest BCUT2D eigenvalue weighted by atomic mass is 16.5. The van der Waals surface area contributed by atoms with E-state index in [1.54, 1.807) is 0 Å². The number of aromatic nitrogens is 3. The van der Waals surface area contributed by atoms with E-state index >= 15 is 0 Å². The maximum Gasteiger partial charge on any atom is 0.0828 e. The summed E-state index contributed by atoms with van der Waals surface area (Å²) in [6.07, 6.45) is 5.79. The predicted octanol–water partition coefficient (Wildman–Crippen LogP) is 0.630. The molecule has 1 fully saturated rings. The molecule has 0 radical (unpaired) electrons. The van der Waals surface area contributed by atoms with Crippen molar-refractivity contribution in [3.05, 3.63) is 11.9 Å². The Balaban J connectivity index is 1.81. The zero-order chi connectivity index (χ0) is 11.2. The lowest BCUT2D eigenvalue weighted by molar-refractivity contribution is 0.0600. The third kappa shape index (κ3) is 3.28. The van der Waals surface area contributed by atoms with Crippen LogP contribution in [0, 0.1) is 5.92 Å². The van der Waals surface area contributed by atoms with Crippen molar-refractivity contribution in [2.45, 2.75) is 32.2 Å². The minimum absolute atomic E-state index is 0.215. The fourth-order valence-electron chi connectivity index (χ4n) is 2.00. The van der Waals surface area contributed by atoms with Gasteiger partial charge in [0.25, 0.3) is 0 Å². The molecule has 16 heavy (non-hydrogen) atoms. The number of ether oxygens (including phenoxy) is 1. The second-order valence-electron chi connectivity index (χ2n) is 4.31. The predicted molar refractivity (Wildman–Crippen MR) is 59.0 cm³/mol. The van der Waals surface area contributed by atoms with Crippen LogP contribution in [-0.4, -0.2) is 39.9 Å². The minimum atomic E-state index is 0.215. The van der Waals surface area contributed by atoms with Gasteiger partial charge in [-0.2, -0.15) is 0 Å². The summed E-state index contributed by atoms with van der Waals surface area (Å²) in [6.45, 7) is 2.90. The van der Waals surface area contributed by atoms with Crippen LogP contribution in [0.4, 0.5) is 0 Å². The summed E-state index contributed by atoms with van der Waals surface area (Å²) < 4.78 is 7.24. The van der Waals surface area contributed by atoms with E-state index in [1.165, 1.54) is 0 Å². The van der Waals surface area contributed by atoms with Gasteiger partial charge in [-0.05, 0) is 31.6 Å². The number of aliphatic hydroxyl groups excluding tert-OH is 1. The van der Waals surface area contributed by atoms with Gasteiger partial charge in [0.2, 0.25) is 0 Å². The summed E-state index contributed by atoms with van der Waals surface area (Å²) in [5, 5.41) is 16.9. The Labute approximate surface area is 95.4 Å². The largest absolute Gasteiger partial charge is 0.396 e. The summed E-state index contributed by atoms with van der Waals surface area (Å²) in [4.78, 5) is 0. The normalized spacial score (nSPS) is 17.8. The first-order valence-corrected chi connectivity index (χ1v) is 5.96. The third-order valence-electron chi connectivity index (χ3n) is 2.96. The zero-order valence-electron chi connectivity index (χ0n) is 9.51. The molecule has 1 N–H and O–H groups in total. The molecule has 0 atom stereocenters. The molecule has 1 aromatic heterocycles. The molecular formula is C11H19N3O2. The first-order chi connectivity index (χ1) is 7.88. The van der Waals surface area contributed by atoms with Gasteiger partial charge in [-0.1, -0.05) is 5.21 Å². The summed E-state index contributed by atoms with van der Waals surface area (Å²) in [7, 11) is 0. The van der Waals surface area contributed by atoms with E-state index in [0.717, 1.165) is 51.1 Å². The molecular weight excluding hydrogens is 206 g/mol. The van der Waals surface area contributed by atoms with Crippen LogP contribution >= 0.6 is 0 Å². The highest BCUT2D eigenvalue weighted by Gasteiger charge is 2.14. The molecule has 1 aliphatic heterocycles. The molecule has 0 aliphatic carbocycles. The highest BCUT2D eigenvalue weighted by molar-refractivity contribution is 4.92. The Kier molecular flexibility index (Phi) is 4.30. The standard InChI is InChI=1S/C11H19N3O2/c15-5-1-2-11-9-14(13-12-11)8-10-3-6-16-7-4-10/h9-10,15H,1-8H2. The van der Waals surface area contributed by atoms with Crippen LogP contribution in [0.5, 0.6) is 0 Å². The van der Waals surface area contributed by atoms with Crippen LogP contribution in [-0.2, 0) is 17.7 Å². The fraction of sp³-hybridized carbons (Fsp3) is 0.818. The molecule has 0 amide bonds. The van der Waals surface area contributed by atoms with Gasteiger partial charge in [0.1, 0.15) is 0 Å². The fourth-order valence-corrected chi connectivity index (χ4v) is 2.00. The average Bonchev–Trinajstić information content (AvgIpc) is 2.75. The van der Waals surface area contributed by atoms with Crippen LogP contribution in [0.15, 0.2) is 6.20 Å². The van der Waals surface area contributed by atoms with Gasteiger partial charge in [0.15, 0.2) is 0 Å². The van der Waals surface area contributed by atoms with Crippen molar-refractivity contribution < 1.29 is 9.84 Å². The van der Waals surface area contributed by atoms with Crippen LogP contribution in [0.2, 0.25) is 0 Å². The van der Waals surface area contributed by atoms with Crippen molar-refractivity contribution in [2.24, 2.45) is 5.92 Å². The molecule has 5 nitrogen and oxygen atoms in total. The van der Waals surface area contributed by atoms with E-state index in [2.05, 4.69) is 10.3 Å². The first kappa shape index (κ1) is 11.5. The van der Waals surface area contributed by atoms with E-state index in [-0.39, 0.29) is 6.61 Å². The summed E-state index contributed by atoms with van der Waals surface area (Å²) >= 11 is 0. The van der Waals surface area contributed by atoms with Gasteiger partial charge in [0.05, 0.1) is 5.69 Å². The Morgan fingerprint density at radius 2 is 2.25 bits per heavy atom. The number of rotatable bonds is 5. The molecule has 1 saturated heterocycles. The summed E-state index contributed by atoms with van der Waals surface area (Å²) in [6, 6.07) is 0. The maximum atomic E-state index is 8.73. The average molecular weight is 225 g/mol. The molecule has 0 saturated carbocycles. The molecule has 0 aromatic carbocycles. The van der Waals surface area contributed by atoms with Crippen LogP contribution < -0.4 is 0 Å². The number of hydrogen-bond donors (Lipinski definition) is 1. The lowest BCUT2D eigenvalue weighted by Gasteiger charge is -2.21. The van der Waals surface area contributed by atoms with Crippen LogP contribution in [0.25, 0.3) is 0 Å². The van der Waals surface area contributed by atoms with Gasteiger partial charge in [0, 0.05) is 32.6 Å². The lowest BCUT2D eigenvalue weighted by atomic mass is 10.0. The zero-order valence-corrected chi connectivity index (χ0v) is 9.51. The van der Waals surface area contributed by atoms with Crippen molar-refractivity contribution in [1.29, 1.82) is 0 Å². The molecule has 5 heteroatoms. The smallest absolute Gasteiger partial charge is 0.0828 e. The van der Waals surface area contributed by atoms with Crippen LogP contribution in [0.1, 0.15) is 25.0 Å². The van der Waals surface area contributed by atoms with Gasteiger partial charge in [-0.3, -0.25) is 4.68 Å². The number of hydrogen-bond acceptors (Lipinski definition) is 4. The second-order valence-corrected chi connectivity index (χ2v) is 4.31. The van der Waals surface area contributed by atoms with Crippen molar-refractivity contribution in [3.8, 4) is 0 Å². The number of aryl methyl sites for hydroxylation is 1. The second kappa shape index (κ2) is 5.96. The number of aliphatic hydroxyl groups is 1. The molecule has 0 unspecified atom stereocenters. The van der Waals surface area contributed by atoms with Crippen molar-refractivity contribution in [2.75, 3.05) is 19.8 Å². The van der Waals surface area contributed by atoms with E-state index < -0.39 is 0 Å². The first-order valence-electron chi connectivity index (χ1n) is 5.96. The number of nitrogens with zero attached hydrogens (tertiary/aromatic N) is 3. The summed E-state index contributed by atoms with van der Waals surface area (Å²) in [5.74, 6) is 0.668. The minimum Gasteiger partial charge on any atom is -0.396 e. The Morgan fingerprint density at radius 3 is 3.00 bits per heavy atom. The molecule has 0 bridgehead atoms. The molecule has 2 rings (SSSR count). The van der Waals surface area contributed by atoms with Crippen molar-refractivity contribution >= 4 is 0 Å². The van der Waals surface area contributed by atoms with Crippen molar-refractivity contribution in [1.82, 2.24) is 15.0 Å². The van der Waals surface area contributed by atoms with Gasteiger partial charge in [-0.15, -0.1) is 5.10 Å². The van der Waals surface area contributed by atoms with Gasteiger partial charge in [-0.25, -0.2) is 0 Å². The van der Waals surface area contributed by atoms with E-state index in [9.17, 15) is 0 Å². The molecule has 0 spiro atoms. The van der Waals surface area contributed by atoms with E-state index in [0.29, 0.717) is 5.92 Å². The lowest BCUT2D eigenvalue weighted by Crippen LogP contribution is -2.20. The highest BCUT2D eigenvalue weighted by Crippen LogP contribution is 2.16. The van der Waals surface area contributed by atoms with Crippen LogP contribution in [0.3, 0.4) is 0 Å².